The molecular formula is C28H32F3N5O4S. The Morgan fingerprint density at radius 1 is 1.24 bits per heavy atom. The minimum absolute atomic E-state index is 0.0750. The van der Waals surface area contributed by atoms with Gasteiger partial charge >= 0.3 is 6.18 Å². The van der Waals surface area contributed by atoms with Gasteiger partial charge in [0.25, 0.3) is 5.91 Å². The Morgan fingerprint density at radius 3 is 2.66 bits per heavy atom. The molecule has 0 bridgehead atoms. The normalized spacial score (nSPS) is 18.0. The molecular weight excluding hydrogens is 559 g/mol. The topological polar surface area (TPSA) is 106 Å². The van der Waals surface area contributed by atoms with Crippen LogP contribution in [0.5, 0.6) is 5.75 Å². The van der Waals surface area contributed by atoms with E-state index in [4.69, 9.17) is 4.74 Å². The lowest BCUT2D eigenvalue weighted by Gasteiger charge is -2.35. The maximum absolute atomic E-state index is 13.4. The van der Waals surface area contributed by atoms with Gasteiger partial charge in [0, 0.05) is 30.5 Å². The lowest BCUT2D eigenvalue weighted by atomic mass is 9.93. The lowest BCUT2D eigenvalue weighted by molar-refractivity contribution is -0.139. The van der Waals surface area contributed by atoms with Crippen LogP contribution >= 0.6 is 0 Å². The average Bonchev–Trinajstić information content (AvgIpc) is 3.28. The molecule has 0 unspecified atom stereocenters. The minimum Gasteiger partial charge on any atom is -0.495 e. The number of imidazole rings is 1. The number of sulfone groups is 1. The summed E-state index contributed by atoms with van der Waals surface area (Å²) in [5, 5.41) is 6.09. The number of halogens is 3. The number of methoxy groups -OCH3 is 1. The van der Waals surface area contributed by atoms with Gasteiger partial charge in [0.05, 0.1) is 41.6 Å². The van der Waals surface area contributed by atoms with Crippen molar-refractivity contribution >= 4 is 32.5 Å². The van der Waals surface area contributed by atoms with E-state index in [0.717, 1.165) is 36.7 Å². The molecule has 0 spiro atoms. The predicted octanol–water partition coefficient (Wildman–Crippen LogP) is 3.54. The molecule has 2 aromatic carbocycles. The zero-order valence-corrected chi connectivity index (χ0v) is 24.0. The highest BCUT2D eigenvalue weighted by atomic mass is 32.2. The van der Waals surface area contributed by atoms with Crippen LogP contribution in [0.2, 0.25) is 0 Å². The van der Waals surface area contributed by atoms with Crippen LogP contribution in [0.1, 0.15) is 29.3 Å². The van der Waals surface area contributed by atoms with Crippen LogP contribution in [-0.2, 0) is 16.4 Å². The molecule has 1 amide bonds. The van der Waals surface area contributed by atoms with Crippen LogP contribution in [-0.4, -0.2) is 81.0 Å². The molecule has 220 valence electrons. The molecule has 0 radical (unpaired) electrons. The third-order valence-corrected chi connectivity index (χ3v) is 8.06. The summed E-state index contributed by atoms with van der Waals surface area (Å²) < 4.78 is 69.6. The summed E-state index contributed by atoms with van der Waals surface area (Å²) >= 11 is 0. The van der Waals surface area contributed by atoms with Crippen molar-refractivity contribution in [1.82, 2.24) is 19.8 Å². The molecule has 9 nitrogen and oxygen atoms in total. The van der Waals surface area contributed by atoms with Crippen molar-refractivity contribution in [2.75, 3.05) is 45.4 Å². The second kappa shape index (κ2) is 12.0. The Labute approximate surface area is 237 Å². The van der Waals surface area contributed by atoms with Gasteiger partial charge < -0.3 is 24.8 Å². The smallest absolute Gasteiger partial charge is 0.406 e. The van der Waals surface area contributed by atoms with E-state index in [2.05, 4.69) is 32.4 Å². The van der Waals surface area contributed by atoms with Gasteiger partial charge in [-0.15, -0.1) is 0 Å². The first kappa shape index (κ1) is 30.2. The molecule has 2 atom stereocenters. The number of fused-ring (bicyclic) bond motifs is 1. The van der Waals surface area contributed by atoms with E-state index in [9.17, 15) is 26.4 Å². The fraction of sp³-hybridized carbons (Fsp3) is 0.429. The van der Waals surface area contributed by atoms with Crippen molar-refractivity contribution in [1.29, 1.82) is 0 Å². The summed E-state index contributed by atoms with van der Waals surface area (Å²) in [7, 11) is 0.0141. The summed E-state index contributed by atoms with van der Waals surface area (Å²) in [5.41, 5.74) is 1.35. The Kier molecular flexibility index (Phi) is 8.84. The van der Waals surface area contributed by atoms with E-state index >= 15 is 0 Å². The van der Waals surface area contributed by atoms with Gasteiger partial charge in [-0.1, -0.05) is 18.8 Å². The van der Waals surface area contributed by atoms with Crippen LogP contribution in [0, 0.1) is 17.8 Å². The molecule has 1 aliphatic heterocycles. The number of likely N-dealkylation sites (tertiary alicyclic amines) is 1. The molecule has 1 saturated heterocycles. The number of hydrogen-bond acceptors (Lipinski definition) is 7. The van der Waals surface area contributed by atoms with E-state index in [0.29, 0.717) is 17.0 Å². The summed E-state index contributed by atoms with van der Waals surface area (Å²) in [6.07, 6.45) is -1.54. The highest BCUT2D eigenvalue weighted by molar-refractivity contribution is 7.90. The first-order valence-corrected chi connectivity index (χ1v) is 14.8. The Balaban J connectivity index is 1.61. The predicted molar refractivity (Wildman–Crippen MR) is 150 cm³/mol. The van der Waals surface area contributed by atoms with Gasteiger partial charge in [0.15, 0.2) is 9.84 Å². The van der Waals surface area contributed by atoms with E-state index < -0.39 is 28.5 Å². The molecule has 0 saturated carbocycles. The van der Waals surface area contributed by atoms with Gasteiger partial charge in [0.1, 0.15) is 17.8 Å². The van der Waals surface area contributed by atoms with E-state index in [-0.39, 0.29) is 40.0 Å². The standard InChI is InChI=1S/C28H32F3N5O4S/c1-18-15-35(2)11-9-22(18)34-27(37)21-12-19(13-24-26(21)33-17-36(24)16-28(29,30)31)6-5-10-32-23-8-7-20(41(4,38)39)14-25(23)40-3/h7-8,12-14,17-18,22,32H,9-11,15-16H2,1-4H3,(H,34,37)/t18-,22-/m0/s1. The first-order valence-electron chi connectivity index (χ1n) is 12.9. The lowest BCUT2D eigenvalue weighted by Crippen LogP contribution is -2.48. The number of anilines is 1. The number of nitrogens with zero attached hydrogens (tertiary/aromatic N) is 3. The highest BCUT2D eigenvalue weighted by Gasteiger charge is 2.30. The van der Waals surface area contributed by atoms with Crippen LogP contribution < -0.4 is 15.4 Å². The number of nitrogens with one attached hydrogen (secondary N) is 2. The molecule has 1 fully saturated rings. The van der Waals surface area contributed by atoms with Crippen LogP contribution in [0.3, 0.4) is 0 Å². The van der Waals surface area contributed by atoms with Gasteiger partial charge in [-0.3, -0.25) is 4.79 Å². The maximum atomic E-state index is 13.4. The summed E-state index contributed by atoms with van der Waals surface area (Å²) in [5.74, 6) is 5.93. The Morgan fingerprint density at radius 2 is 2.00 bits per heavy atom. The van der Waals surface area contributed by atoms with Crippen molar-refractivity contribution in [3.8, 4) is 17.6 Å². The van der Waals surface area contributed by atoms with E-state index in [1.54, 1.807) is 6.07 Å². The molecule has 4 rings (SSSR count). The fourth-order valence-electron chi connectivity index (χ4n) is 4.88. The maximum Gasteiger partial charge on any atom is 0.406 e. The number of benzene rings is 2. The fourth-order valence-corrected chi connectivity index (χ4v) is 5.51. The van der Waals surface area contributed by atoms with Gasteiger partial charge in [-0.05, 0) is 50.2 Å². The third-order valence-electron chi connectivity index (χ3n) is 6.95. The molecule has 0 aliphatic carbocycles. The number of carbonyl (C=O) groups is 1. The highest BCUT2D eigenvalue weighted by Crippen LogP contribution is 2.28. The number of hydrogen-bond donors (Lipinski definition) is 2. The number of alkyl halides is 3. The Bertz CT molecular complexity index is 1610. The monoisotopic (exact) mass is 591 g/mol. The van der Waals surface area contributed by atoms with E-state index in [1.165, 1.54) is 31.4 Å². The summed E-state index contributed by atoms with van der Waals surface area (Å²) in [6, 6.07) is 7.35. The molecule has 2 heterocycles. The SMILES string of the molecule is COc1cc(S(C)(=O)=O)ccc1NCC#Cc1cc(C(=O)N[C@H]2CCN(C)C[C@@H]2C)c2ncn(CC(F)(F)F)c2c1. The molecule has 13 heteroatoms. The zero-order valence-electron chi connectivity index (χ0n) is 23.2. The third kappa shape index (κ3) is 7.51. The number of amides is 1. The number of rotatable bonds is 7. The molecule has 41 heavy (non-hydrogen) atoms. The summed E-state index contributed by atoms with van der Waals surface area (Å²) in [6.45, 7) is 2.56. The van der Waals surface area contributed by atoms with E-state index in [1.807, 2.05) is 14.0 Å². The minimum atomic E-state index is -4.48. The zero-order chi connectivity index (χ0) is 29.9. The van der Waals surface area contributed by atoms with Gasteiger partial charge in [-0.25, -0.2) is 13.4 Å². The van der Waals surface area contributed by atoms with Crippen molar-refractivity contribution in [2.45, 2.75) is 37.0 Å². The largest absolute Gasteiger partial charge is 0.495 e. The summed E-state index contributed by atoms with van der Waals surface area (Å²) in [4.78, 5) is 19.8. The number of piperidine rings is 1. The Hall–Kier alpha value is -3.76. The van der Waals surface area contributed by atoms with Gasteiger partial charge in [-0.2, -0.15) is 13.2 Å². The quantitative estimate of drug-likeness (QED) is 0.405. The van der Waals surface area contributed by atoms with Gasteiger partial charge in [0.2, 0.25) is 0 Å². The first-order chi connectivity index (χ1) is 19.2. The molecule has 2 N–H and O–H groups in total. The van der Waals surface area contributed by atoms with Crippen molar-refractivity contribution in [3.63, 3.8) is 0 Å². The molecule has 1 aromatic heterocycles. The van der Waals surface area contributed by atoms with Crippen LogP contribution in [0.4, 0.5) is 18.9 Å². The van der Waals surface area contributed by atoms with Crippen molar-refractivity contribution in [3.05, 3.63) is 47.8 Å². The van der Waals surface area contributed by atoms with Crippen LogP contribution in [0.15, 0.2) is 41.6 Å². The number of aromatic nitrogens is 2. The number of carbonyl (C=O) groups excluding carboxylic acids is 1. The van der Waals surface area contributed by atoms with Crippen LogP contribution in [0.25, 0.3) is 11.0 Å². The second-order valence-corrected chi connectivity index (χ2v) is 12.3. The molecule has 1 aliphatic rings. The molecule has 3 aromatic rings. The number of ether oxygens (including phenoxy) is 1. The second-order valence-electron chi connectivity index (χ2n) is 10.3. The van der Waals surface area contributed by atoms with Crippen molar-refractivity contribution < 1.29 is 31.1 Å². The average molecular weight is 592 g/mol. The van der Waals surface area contributed by atoms with Crippen molar-refractivity contribution in [2.24, 2.45) is 5.92 Å².